The van der Waals surface area contributed by atoms with Crippen molar-refractivity contribution in [3.63, 3.8) is 0 Å². The van der Waals surface area contributed by atoms with E-state index in [-0.39, 0.29) is 65.6 Å². The molecule has 4 aliphatic rings. The van der Waals surface area contributed by atoms with Gasteiger partial charge in [-0.15, -0.1) is 0 Å². The Morgan fingerprint density at radius 1 is 0.852 bits per heavy atom. The lowest BCUT2D eigenvalue weighted by atomic mass is 10.0. The maximum Gasteiger partial charge on any atom is 0.330 e. The number of phosphoric ester groups is 2. The molecule has 4 saturated heterocycles. The van der Waals surface area contributed by atoms with Crippen molar-refractivity contribution in [3.05, 3.63) is 55.4 Å². The first kappa shape index (κ1) is 64.7. The summed E-state index contributed by atoms with van der Waals surface area (Å²) in [6.07, 6.45) is -7.46. The number of carbonyl (C=O) groups excluding carboxylic acids is 3. The van der Waals surface area contributed by atoms with Gasteiger partial charge in [0.2, 0.25) is 23.6 Å². The van der Waals surface area contributed by atoms with Crippen LogP contribution in [0.15, 0.2) is 33.0 Å². The molecule has 0 bridgehead atoms. The SMILES string of the molecule is Cn1c[n+]([C@@H]2O[C@H](COP(=O)([O-])OP(=O)([O-])OP(=O)([O-])OP(=O)([O-])OC[C@H]3O[C@@H](n4cc(/C=C/CNC(=O)CCSSCCNC(=O)CCCC[C@@H]5SC[C@@H]6NC(=O)N[C@@H]65)c(=O)[nH]c4=O)[C@@H](O)C3O)C(O)C2O)c2nc(N)[nH]c(=O)c21. The van der Waals surface area contributed by atoms with Crippen molar-refractivity contribution in [1.29, 1.82) is 0 Å². The predicted molar refractivity (Wildman–Crippen MR) is 273 cm³/mol. The topological polar surface area (TPSA) is 541 Å². The number of aliphatic hydroxyl groups is 4. The number of urea groups is 1. The molecule has 43 heteroatoms. The van der Waals surface area contributed by atoms with Crippen molar-refractivity contribution < 1.29 is 109 Å². The van der Waals surface area contributed by atoms with E-state index in [4.69, 9.17) is 15.2 Å². The van der Waals surface area contributed by atoms with Gasteiger partial charge >= 0.3 is 17.4 Å². The number of thioether (sulfide) groups is 1. The summed E-state index contributed by atoms with van der Waals surface area (Å²) < 4.78 is 82.9. The number of fused-ring (bicyclic) bond motifs is 2. The maximum atomic E-state index is 12.8. The molecule has 7 rings (SSSR count). The zero-order valence-electron chi connectivity index (χ0n) is 41.9. The van der Waals surface area contributed by atoms with Gasteiger partial charge in [-0.2, -0.15) is 11.8 Å². The second-order valence-corrected chi connectivity index (χ2v) is 28.1. The number of nitrogens with one attached hydrogen (secondary N) is 6. The molecule has 3 aromatic rings. The van der Waals surface area contributed by atoms with E-state index in [1.165, 1.54) is 51.7 Å². The van der Waals surface area contributed by atoms with Gasteiger partial charge in [-0.1, -0.05) is 45.1 Å². The Morgan fingerprint density at radius 3 is 2.17 bits per heavy atom. The lowest BCUT2D eigenvalue weighted by Crippen LogP contribution is -2.46. The van der Waals surface area contributed by atoms with Crippen LogP contribution >= 0.6 is 64.6 Å². The summed E-state index contributed by atoms with van der Waals surface area (Å²) >= 11 is 1.83. The lowest BCUT2D eigenvalue weighted by Gasteiger charge is -2.36. The molecule has 0 aromatic carbocycles. The minimum Gasteiger partial charge on any atom is -0.756 e. The summed E-state index contributed by atoms with van der Waals surface area (Å²) in [6, 6.07) is 0.157. The number of amides is 4. The van der Waals surface area contributed by atoms with E-state index in [1.54, 1.807) is 0 Å². The van der Waals surface area contributed by atoms with Gasteiger partial charge in [0.1, 0.15) is 36.6 Å². The van der Waals surface area contributed by atoms with Gasteiger partial charge in [0.05, 0.1) is 37.9 Å². The Kier molecular flexibility index (Phi) is 21.9. The third-order valence-corrected chi connectivity index (χ3v) is 21.8. The average Bonchev–Trinajstić information content (AvgIpc) is 4.20. The fourth-order valence-corrected chi connectivity index (χ4v) is 16.7. The zero-order valence-corrected chi connectivity index (χ0v) is 47.9. The van der Waals surface area contributed by atoms with Gasteiger partial charge in [-0.05, 0) is 12.8 Å². The molecule has 452 valence electrons. The zero-order chi connectivity index (χ0) is 59.2. The van der Waals surface area contributed by atoms with Crippen molar-refractivity contribution in [3.8, 4) is 0 Å². The number of carbonyl (C=O) groups is 3. The number of aryl methyl sites for hydroxylation is 1. The molecule has 0 radical (unpaired) electrons. The van der Waals surface area contributed by atoms with Crippen LogP contribution < -0.4 is 67.9 Å². The summed E-state index contributed by atoms with van der Waals surface area (Å²) in [6.45, 7) is -2.34. The van der Waals surface area contributed by atoms with E-state index >= 15 is 0 Å². The van der Waals surface area contributed by atoms with Crippen LogP contribution in [0.4, 0.5) is 10.7 Å². The first-order valence-electron chi connectivity index (χ1n) is 24.0. The number of anilines is 1. The molecule has 81 heavy (non-hydrogen) atoms. The second-order valence-electron chi connectivity index (χ2n) is 18.0. The number of hydrogen-bond donors (Lipinski definition) is 11. The number of nitrogens with zero attached hydrogens (tertiary/aromatic N) is 4. The number of ether oxygens (including phenoxy) is 2. The Hall–Kier alpha value is -3.85. The van der Waals surface area contributed by atoms with Crippen LogP contribution in [0.2, 0.25) is 0 Å². The summed E-state index contributed by atoms with van der Waals surface area (Å²) in [5.74, 6) is 1.19. The van der Waals surface area contributed by atoms with Crippen LogP contribution in [-0.4, -0.2) is 160 Å². The van der Waals surface area contributed by atoms with E-state index < -0.39 is 110 Å². The van der Waals surface area contributed by atoms with Crippen LogP contribution in [0.25, 0.3) is 17.2 Å². The fraction of sp³-hybridized carbons (Fsp3) is 0.632. The van der Waals surface area contributed by atoms with Gasteiger partial charge in [0.25, 0.3) is 48.4 Å². The van der Waals surface area contributed by atoms with E-state index in [2.05, 4.69) is 53.2 Å². The molecule has 36 nitrogen and oxygen atoms in total. The molecule has 15 atom stereocenters. The normalized spacial score (nSPS) is 28.5. The van der Waals surface area contributed by atoms with Gasteiger partial charge in [0.15, 0.2) is 12.6 Å². The van der Waals surface area contributed by atoms with Crippen LogP contribution in [-0.2, 0) is 66.4 Å². The van der Waals surface area contributed by atoms with Gasteiger partial charge in [0, 0.05) is 54.6 Å². The smallest absolute Gasteiger partial charge is 0.330 e. The van der Waals surface area contributed by atoms with Gasteiger partial charge in [-0.3, -0.25) is 56.5 Å². The highest BCUT2D eigenvalue weighted by Gasteiger charge is 2.49. The summed E-state index contributed by atoms with van der Waals surface area (Å²) in [4.78, 5) is 132. The molecule has 4 amide bonds. The number of imidazole rings is 1. The molecule has 3 aromatic heterocycles. The first-order chi connectivity index (χ1) is 38.0. The first-order valence-corrected chi connectivity index (χ1v) is 33.4. The number of aromatic nitrogens is 6. The molecule has 7 unspecified atom stereocenters. The third-order valence-electron chi connectivity index (χ3n) is 12.2. The monoisotopic (exact) mass is 1280 g/mol. The van der Waals surface area contributed by atoms with Crippen molar-refractivity contribution in [1.82, 2.24) is 45.4 Å². The summed E-state index contributed by atoms with van der Waals surface area (Å²) in [7, 11) is -21.7. The van der Waals surface area contributed by atoms with E-state index in [9.17, 15) is 87.0 Å². The molecule has 0 spiro atoms. The van der Waals surface area contributed by atoms with Crippen molar-refractivity contribution in [2.75, 3.05) is 49.3 Å². The minimum atomic E-state index is -6.74. The number of H-pyrrole nitrogens is 2. The Labute approximate surface area is 468 Å². The van der Waals surface area contributed by atoms with Crippen molar-refractivity contribution in [2.24, 2.45) is 7.05 Å². The molecule has 4 aliphatic heterocycles. The highest BCUT2D eigenvalue weighted by atomic mass is 33.1. The number of phosphoric acid groups is 4. The number of aromatic amines is 2. The molecule has 4 fully saturated rings. The van der Waals surface area contributed by atoms with Crippen LogP contribution in [0.3, 0.4) is 0 Å². The molecule has 0 aliphatic carbocycles. The fourth-order valence-electron chi connectivity index (χ4n) is 8.52. The predicted octanol–water partition coefficient (Wildman–Crippen LogP) is -5.38. The van der Waals surface area contributed by atoms with Crippen LogP contribution in [0, 0.1) is 0 Å². The maximum absolute atomic E-state index is 12.8. The number of hydrogen-bond acceptors (Lipinski definition) is 30. The Balaban J connectivity index is 0.792. The third kappa shape index (κ3) is 17.4. The Morgan fingerprint density at radius 2 is 1.48 bits per heavy atom. The van der Waals surface area contributed by atoms with E-state index in [0.717, 1.165) is 35.8 Å². The van der Waals surface area contributed by atoms with Crippen molar-refractivity contribution >= 4 is 106 Å². The Bertz CT molecular complexity index is 3210. The minimum absolute atomic E-state index is 0.0524. The second kappa shape index (κ2) is 27.5. The number of unbranched alkanes of at least 4 members (excludes halogenated alkanes) is 1. The number of rotatable bonds is 29. The van der Waals surface area contributed by atoms with Gasteiger partial charge in [-0.25, -0.2) is 27.1 Å². The number of nitrogen functional groups attached to an aromatic ring is 1. The average molecular weight is 1280 g/mol. The van der Waals surface area contributed by atoms with Crippen molar-refractivity contribution in [2.45, 2.75) is 98.5 Å². The molecule has 0 saturated carbocycles. The largest absolute Gasteiger partial charge is 0.756 e. The molecule has 12 N–H and O–H groups in total. The molecular weight excluding hydrogens is 1230 g/mol. The molecule has 7 heterocycles. The van der Waals surface area contributed by atoms with E-state index in [1.807, 2.05) is 16.7 Å². The summed E-state index contributed by atoms with van der Waals surface area (Å²) in [5, 5.41) is 54.1. The molecular formula is C38H54N11O25P4S3-3. The standard InChI is InChI=1S/C38H57N11O25P4S3/c1-47-17-49(31-26(47)33(57)45-36(39)44-31)35-30(55)28(53)21(71-35)15-69-76(62,63)73-78(66,67)74-77(64,65)72-75(60,61)68-14-20-27(52)29(54)34(70-20)48-13-18(32(56)46-38(48)59)5-4-9-40-24(51)8-11-80-81-12-10-41-23(50)7-3-2-6-22-25-19(16-79-22)42-37(58)43-25/h4-5,13,17,19-22,25,27-30,34-35,52-55H,2-3,6-12,14-16H2,1H3,(H11-,39,40,41,42,43,44,45,46,50,51,56,57,58,59,60,61,62,63,64,65,66,67)/p-3/b5-4+/t19-,20+,21+,22-,25-,27?,28?,29-,30?,34+,35+/m0/s1. The lowest BCUT2D eigenvalue weighted by molar-refractivity contribution is -0.745. The number of nitrogens with two attached hydrogens (primary N) is 1. The quantitative estimate of drug-likeness (QED) is 0.0102. The van der Waals surface area contributed by atoms with Crippen LogP contribution in [0.1, 0.15) is 50.1 Å². The number of aliphatic hydroxyl groups excluding tert-OH is 4. The van der Waals surface area contributed by atoms with Gasteiger partial charge < -0.3 is 85.5 Å². The highest BCUT2D eigenvalue weighted by Crippen LogP contribution is 2.67. The summed E-state index contributed by atoms with van der Waals surface area (Å²) in [5.41, 5.74) is 2.32. The van der Waals surface area contributed by atoms with Crippen LogP contribution in [0.5, 0.6) is 0 Å². The van der Waals surface area contributed by atoms with E-state index in [0.29, 0.717) is 34.3 Å². The highest BCUT2D eigenvalue weighted by molar-refractivity contribution is 8.76.